The number of aromatic nitrogens is 1. The first-order valence-electron chi connectivity index (χ1n) is 8.08. The van der Waals surface area contributed by atoms with Crippen LogP contribution in [-0.4, -0.2) is 37.0 Å². The van der Waals surface area contributed by atoms with E-state index in [4.69, 9.17) is 16.2 Å². The number of ether oxygens (including phenoxy) is 3. The maximum absolute atomic E-state index is 11.6. The first-order chi connectivity index (χ1) is 13.4. The number of benzene rings is 1. The van der Waals surface area contributed by atoms with Crippen molar-refractivity contribution < 1.29 is 23.8 Å². The lowest BCUT2D eigenvalue weighted by molar-refractivity contribution is -0.117. The number of para-hydroxylation sites is 1. The Hall–Kier alpha value is -3.73. The van der Waals surface area contributed by atoms with E-state index in [2.05, 4.69) is 30.0 Å². The van der Waals surface area contributed by atoms with Gasteiger partial charge in [-0.05, 0) is 31.2 Å². The van der Waals surface area contributed by atoms with E-state index in [0.29, 0.717) is 17.1 Å². The molecule has 0 aliphatic carbocycles. The minimum absolute atomic E-state index is 0.0682. The van der Waals surface area contributed by atoms with E-state index >= 15 is 0 Å². The zero-order valence-corrected chi connectivity index (χ0v) is 15.3. The van der Waals surface area contributed by atoms with Gasteiger partial charge >= 0.3 is 6.16 Å². The van der Waals surface area contributed by atoms with Gasteiger partial charge in [0.15, 0.2) is 11.6 Å². The zero-order valence-electron chi connectivity index (χ0n) is 15.3. The first-order valence-corrected chi connectivity index (χ1v) is 8.08. The summed E-state index contributed by atoms with van der Waals surface area (Å²) in [4.78, 5) is 26.6. The minimum atomic E-state index is -0.867. The summed E-state index contributed by atoms with van der Waals surface area (Å²) in [7, 11) is 1.19. The van der Waals surface area contributed by atoms with Crippen LogP contribution in [0.1, 0.15) is 6.92 Å². The molecule has 11 nitrogen and oxygen atoms in total. The lowest BCUT2D eigenvalue weighted by Gasteiger charge is -2.09. The number of azo groups is 1. The third kappa shape index (κ3) is 5.92. The number of carbonyl (C=O) groups excluding carboxylic acids is 2. The Morgan fingerprint density at radius 2 is 1.89 bits per heavy atom. The molecule has 2 rings (SSSR count). The molecule has 11 heteroatoms. The van der Waals surface area contributed by atoms with Crippen LogP contribution in [0.2, 0.25) is 0 Å². The molecule has 1 heterocycles. The number of methoxy groups -OCH3 is 1. The average molecular weight is 388 g/mol. The minimum Gasteiger partial charge on any atom is -0.455 e. The number of carbonyl (C=O) groups is 2. The molecule has 0 aliphatic rings. The maximum Gasteiger partial charge on any atom is 0.510 e. The largest absolute Gasteiger partial charge is 0.510 e. The lowest BCUT2D eigenvalue weighted by atomic mass is 10.3. The topological polar surface area (TPSA) is 164 Å². The maximum atomic E-state index is 11.6. The van der Waals surface area contributed by atoms with E-state index in [1.807, 2.05) is 0 Å². The van der Waals surface area contributed by atoms with Crippen LogP contribution >= 0.6 is 0 Å². The van der Waals surface area contributed by atoms with E-state index in [1.165, 1.54) is 13.2 Å². The number of amides is 1. The van der Waals surface area contributed by atoms with Crippen LogP contribution < -0.4 is 21.5 Å². The average Bonchev–Trinajstić information content (AvgIpc) is 2.68. The summed E-state index contributed by atoms with van der Waals surface area (Å²) in [5.41, 5.74) is 12.0. The fraction of sp³-hybridized carbons (Fsp3) is 0.235. The van der Waals surface area contributed by atoms with E-state index in [9.17, 15) is 9.59 Å². The summed E-state index contributed by atoms with van der Waals surface area (Å²) in [5, 5.41) is 10.6. The molecule has 148 valence electrons. The standard InChI is InChI=1S/C17H20N6O5/c1-10(18)16(24)21-14-8-7-12(15(19)20-14)23-22-11-5-3-4-6-13(11)27-9-28-17(25)26-2/h3-8,10H,9,18H2,1-2H3,(H3,19,20,21,24)/t10-/m0/s1. The molecular weight excluding hydrogens is 368 g/mol. The number of hydrogen-bond acceptors (Lipinski definition) is 10. The Morgan fingerprint density at radius 3 is 2.57 bits per heavy atom. The predicted molar refractivity (Wildman–Crippen MR) is 101 cm³/mol. The van der Waals surface area contributed by atoms with Crippen LogP contribution in [0.3, 0.4) is 0 Å². The van der Waals surface area contributed by atoms with E-state index < -0.39 is 12.2 Å². The molecule has 1 atom stereocenters. The van der Waals surface area contributed by atoms with Gasteiger partial charge in [-0.15, -0.1) is 10.2 Å². The van der Waals surface area contributed by atoms with Gasteiger partial charge in [0.05, 0.1) is 13.2 Å². The second kappa shape index (κ2) is 9.83. The molecule has 0 bridgehead atoms. The summed E-state index contributed by atoms with van der Waals surface area (Å²) in [5.74, 6) is 0.269. The molecule has 0 saturated carbocycles. The van der Waals surface area contributed by atoms with Crippen LogP contribution in [0, 0.1) is 0 Å². The van der Waals surface area contributed by atoms with Gasteiger partial charge in [-0.1, -0.05) is 12.1 Å². The third-order valence-electron chi connectivity index (χ3n) is 3.26. The molecule has 0 aliphatic heterocycles. The fourth-order valence-electron chi connectivity index (χ4n) is 1.83. The summed E-state index contributed by atoms with van der Waals surface area (Å²) < 4.78 is 14.3. The quantitative estimate of drug-likeness (QED) is 0.370. The number of nitrogens with one attached hydrogen (secondary N) is 1. The SMILES string of the molecule is COC(=O)OCOc1ccccc1N=Nc1ccc(NC(=O)[C@H](C)N)nc1N. The highest BCUT2D eigenvalue weighted by Gasteiger charge is 2.10. The molecule has 0 radical (unpaired) electrons. The van der Waals surface area contributed by atoms with Crippen molar-refractivity contribution in [3.63, 3.8) is 0 Å². The van der Waals surface area contributed by atoms with Crippen LogP contribution in [-0.2, 0) is 14.3 Å². The van der Waals surface area contributed by atoms with Gasteiger partial charge in [-0.2, -0.15) is 0 Å². The molecule has 0 spiro atoms. The molecule has 0 unspecified atom stereocenters. The second-order valence-electron chi connectivity index (χ2n) is 5.41. The van der Waals surface area contributed by atoms with Gasteiger partial charge in [0.25, 0.3) is 0 Å². The number of hydrogen-bond donors (Lipinski definition) is 3. The highest BCUT2D eigenvalue weighted by Crippen LogP contribution is 2.30. The number of nitrogens with two attached hydrogens (primary N) is 2. The van der Waals surface area contributed by atoms with E-state index in [1.54, 1.807) is 37.3 Å². The monoisotopic (exact) mass is 388 g/mol. The number of pyridine rings is 1. The van der Waals surface area contributed by atoms with Gasteiger partial charge in [0, 0.05) is 0 Å². The Balaban J connectivity index is 2.09. The first kappa shape index (κ1) is 20.6. The van der Waals surface area contributed by atoms with Gasteiger partial charge in [-0.25, -0.2) is 9.78 Å². The van der Waals surface area contributed by atoms with Gasteiger partial charge in [0.2, 0.25) is 12.7 Å². The third-order valence-corrected chi connectivity index (χ3v) is 3.26. The van der Waals surface area contributed by atoms with Gasteiger partial charge in [-0.3, -0.25) is 4.79 Å². The molecule has 0 fully saturated rings. The number of rotatable bonds is 7. The Morgan fingerprint density at radius 1 is 1.18 bits per heavy atom. The van der Waals surface area contributed by atoms with Crippen molar-refractivity contribution in [3.8, 4) is 5.75 Å². The second-order valence-corrected chi connectivity index (χ2v) is 5.41. The molecule has 28 heavy (non-hydrogen) atoms. The predicted octanol–water partition coefficient (Wildman–Crippen LogP) is 2.48. The smallest absolute Gasteiger partial charge is 0.455 e. The lowest BCUT2D eigenvalue weighted by Crippen LogP contribution is -2.32. The highest BCUT2D eigenvalue weighted by atomic mass is 16.8. The molecule has 2 aromatic rings. The van der Waals surface area contributed by atoms with Gasteiger partial charge < -0.3 is 31.0 Å². The van der Waals surface area contributed by atoms with E-state index in [-0.39, 0.29) is 24.3 Å². The number of nitrogen functional groups attached to an aromatic ring is 1. The molecule has 0 saturated heterocycles. The molecule has 1 aromatic carbocycles. The van der Waals surface area contributed by atoms with Crippen molar-refractivity contribution >= 4 is 35.1 Å². The Kier molecular flexibility index (Phi) is 7.22. The molecular formula is C17H20N6O5. The van der Waals surface area contributed by atoms with Gasteiger partial charge in [0.1, 0.15) is 17.2 Å². The van der Waals surface area contributed by atoms with Crippen LogP contribution in [0.5, 0.6) is 5.75 Å². The van der Waals surface area contributed by atoms with Crippen molar-refractivity contribution in [3.05, 3.63) is 36.4 Å². The highest BCUT2D eigenvalue weighted by molar-refractivity contribution is 5.93. The van der Waals surface area contributed by atoms with Crippen molar-refractivity contribution in [1.82, 2.24) is 4.98 Å². The summed E-state index contributed by atoms with van der Waals surface area (Å²) in [6, 6.07) is 9.13. The Bertz CT molecular complexity index is 871. The summed E-state index contributed by atoms with van der Waals surface area (Å²) in [6.07, 6.45) is -0.867. The fourth-order valence-corrected chi connectivity index (χ4v) is 1.83. The van der Waals surface area contributed by atoms with Crippen molar-refractivity contribution in [2.45, 2.75) is 13.0 Å². The number of nitrogens with zero attached hydrogens (tertiary/aromatic N) is 3. The van der Waals surface area contributed by atoms with Crippen molar-refractivity contribution in [1.29, 1.82) is 0 Å². The van der Waals surface area contributed by atoms with Crippen LogP contribution in [0.15, 0.2) is 46.6 Å². The molecule has 1 aromatic heterocycles. The number of anilines is 2. The normalized spacial score (nSPS) is 11.7. The zero-order chi connectivity index (χ0) is 20.5. The van der Waals surface area contributed by atoms with E-state index in [0.717, 1.165) is 0 Å². The van der Waals surface area contributed by atoms with Crippen molar-refractivity contribution in [2.24, 2.45) is 16.0 Å². The Labute approximate surface area is 160 Å². The molecule has 1 amide bonds. The molecule has 5 N–H and O–H groups in total. The summed E-state index contributed by atoms with van der Waals surface area (Å²) in [6.45, 7) is 1.20. The van der Waals surface area contributed by atoms with Crippen LogP contribution in [0.25, 0.3) is 0 Å². The van der Waals surface area contributed by atoms with Crippen molar-refractivity contribution in [2.75, 3.05) is 25.0 Å². The summed E-state index contributed by atoms with van der Waals surface area (Å²) >= 11 is 0. The van der Waals surface area contributed by atoms with Crippen LogP contribution in [0.4, 0.5) is 27.8 Å².